The molecule has 0 unspecified atom stereocenters. The number of nitrogens with zero attached hydrogens (tertiary/aromatic N) is 1. The van der Waals surface area contributed by atoms with E-state index >= 15 is 0 Å². The second-order valence-electron chi connectivity index (χ2n) is 5.27. The molecule has 0 aromatic carbocycles. The van der Waals surface area contributed by atoms with E-state index in [2.05, 4.69) is 6.26 Å². The number of hydrogen-bond acceptors (Lipinski definition) is 4. The first-order valence-electron chi connectivity index (χ1n) is 6.80. The second kappa shape index (κ2) is 6.41. The molecule has 0 radical (unpaired) electrons. The average Bonchev–Trinajstić information content (AvgIpc) is 2.47. The van der Waals surface area contributed by atoms with E-state index in [0.29, 0.717) is 24.1 Å². The number of carbonyl (C=O) groups is 1. The maximum absolute atomic E-state index is 12.4. The highest BCUT2D eigenvalue weighted by atomic mass is 32.2. The number of nitrogens with two attached hydrogens (primary N) is 1. The van der Waals surface area contributed by atoms with Gasteiger partial charge in [0.05, 0.1) is 9.74 Å². The largest absolute Gasteiger partial charge is 0.392 e. The van der Waals surface area contributed by atoms with Gasteiger partial charge in [-0.2, -0.15) is 11.8 Å². The topological polar surface area (TPSA) is 55.6 Å². The number of piperidine rings is 1. The van der Waals surface area contributed by atoms with Gasteiger partial charge in [-0.05, 0) is 31.9 Å². The molecule has 2 rings (SSSR count). The van der Waals surface area contributed by atoms with Crippen LogP contribution in [0.2, 0.25) is 0 Å². The summed E-state index contributed by atoms with van der Waals surface area (Å²) in [4.78, 5) is 15.0. The van der Waals surface area contributed by atoms with Crippen LogP contribution in [0.25, 0.3) is 0 Å². The summed E-state index contributed by atoms with van der Waals surface area (Å²) in [6.07, 6.45) is 5.52. The molecule has 2 saturated heterocycles. The first-order valence-corrected chi connectivity index (χ1v) is 8.44. The Hall–Kier alpha value is -0.330. The van der Waals surface area contributed by atoms with Crippen molar-refractivity contribution in [1.29, 1.82) is 0 Å². The number of amides is 1. The fourth-order valence-electron chi connectivity index (χ4n) is 2.84. The minimum atomic E-state index is -0.109. The summed E-state index contributed by atoms with van der Waals surface area (Å²) >= 11 is 6.92. The summed E-state index contributed by atoms with van der Waals surface area (Å²) < 4.78 is 5.20. The molecule has 0 aliphatic carbocycles. The monoisotopic (exact) mass is 302 g/mol. The van der Waals surface area contributed by atoms with Gasteiger partial charge in [0.2, 0.25) is 5.91 Å². The molecule has 0 aromatic heterocycles. The lowest BCUT2D eigenvalue weighted by molar-refractivity contribution is -0.139. The molecular weight excluding hydrogens is 280 g/mol. The molecule has 6 heteroatoms. The third kappa shape index (κ3) is 3.23. The Bertz CT molecular complexity index is 349. The van der Waals surface area contributed by atoms with Crippen LogP contribution in [0.15, 0.2) is 0 Å². The van der Waals surface area contributed by atoms with Gasteiger partial charge in [-0.3, -0.25) is 4.79 Å². The molecule has 19 heavy (non-hydrogen) atoms. The Morgan fingerprint density at radius 1 is 1.37 bits per heavy atom. The Labute approximate surface area is 124 Å². The highest BCUT2D eigenvalue weighted by Gasteiger charge is 2.39. The molecule has 0 aromatic rings. The van der Waals surface area contributed by atoms with Crippen LogP contribution < -0.4 is 5.73 Å². The number of thioether (sulfide) groups is 1. The summed E-state index contributed by atoms with van der Waals surface area (Å²) in [5, 5.41) is 0. The van der Waals surface area contributed by atoms with Gasteiger partial charge in [-0.15, -0.1) is 0 Å². The molecule has 0 spiro atoms. The van der Waals surface area contributed by atoms with Gasteiger partial charge in [-0.1, -0.05) is 12.2 Å². The molecule has 2 heterocycles. The molecule has 0 atom stereocenters. The van der Waals surface area contributed by atoms with Crippen molar-refractivity contribution in [3.8, 4) is 0 Å². The zero-order chi connectivity index (χ0) is 13.9. The molecule has 1 amide bonds. The fraction of sp³-hybridized carbons (Fsp3) is 0.846. The minimum Gasteiger partial charge on any atom is -0.392 e. The Morgan fingerprint density at radius 3 is 2.42 bits per heavy atom. The molecule has 2 aliphatic rings. The molecule has 2 aliphatic heterocycles. The van der Waals surface area contributed by atoms with Crippen LogP contribution >= 0.6 is 24.0 Å². The standard InChI is InChI=1S/C13H22N2O2S2/c1-19-13(12(14)18)4-6-15(7-5-13)11(16)10-2-8-17-9-3-10/h10H,2-9H2,1H3,(H2,14,18). The van der Waals surface area contributed by atoms with Crippen molar-refractivity contribution in [2.45, 2.75) is 30.4 Å². The third-order valence-electron chi connectivity index (χ3n) is 4.29. The zero-order valence-corrected chi connectivity index (χ0v) is 13.0. The highest BCUT2D eigenvalue weighted by Crippen LogP contribution is 2.35. The lowest BCUT2D eigenvalue weighted by atomic mass is 9.92. The number of rotatable bonds is 3. The van der Waals surface area contributed by atoms with Crippen LogP contribution in [0.1, 0.15) is 25.7 Å². The maximum Gasteiger partial charge on any atom is 0.225 e. The van der Waals surface area contributed by atoms with Crippen molar-refractivity contribution >= 4 is 34.9 Å². The Kier molecular flexibility index (Phi) is 5.09. The Balaban J connectivity index is 1.92. The third-order valence-corrected chi connectivity index (χ3v) is 6.22. The van der Waals surface area contributed by atoms with Gasteiger partial charge in [0.25, 0.3) is 0 Å². The maximum atomic E-state index is 12.4. The smallest absolute Gasteiger partial charge is 0.225 e. The quantitative estimate of drug-likeness (QED) is 0.799. The van der Waals surface area contributed by atoms with Crippen molar-refractivity contribution in [3.63, 3.8) is 0 Å². The summed E-state index contributed by atoms with van der Waals surface area (Å²) in [7, 11) is 0. The predicted octanol–water partition coefficient (Wildman–Crippen LogP) is 1.42. The van der Waals surface area contributed by atoms with E-state index in [1.807, 2.05) is 4.90 Å². The molecule has 4 nitrogen and oxygen atoms in total. The number of ether oxygens (including phenoxy) is 1. The second-order valence-corrected chi connectivity index (χ2v) is 6.90. The molecule has 2 N–H and O–H groups in total. The predicted molar refractivity (Wildman–Crippen MR) is 82.4 cm³/mol. The number of hydrogen-bond donors (Lipinski definition) is 1. The van der Waals surface area contributed by atoms with E-state index in [0.717, 1.165) is 38.8 Å². The lowest BCUT2D eigenvalue weighted by Gasteiger charge is -2.41. The van der Waals surface area contributed by atoms with E-state index in [-0.39, 0.29) is 10.7 Å². The average molecular weight is 302 g/mol. The molecule has 0 saturated carbocycles. The first-order chi connectivity index (χ1) is 9.09. The Morgan fingerprint density at radius 2 is 1.95 bits per heavy atom. The summed E-state index contributed by atoms with van der Waals surface area (Å²) in [6, 6.07) is 0. The van der Waals surface area contributed by atoms with E-state index in [1.54, 1.807) is 11.8 Å². The molecule has 2 fully saturated rings. The van der Waals surface area contributed by atoms with Crippen molar-refractivity contribution < 1.29 is 9.53 Å². The van der Waals surface area contributed by atoms with Crippen LogP contribution in [0.3, 0.4) is 0 Å². The van der Waals surface area contributed by atoms with Gasteiger partial charge in [-0.25, -0.2) is 0 Å². The number of thiocarbonyl (C=S) groups is 1. The SMILES string of the molecule is CSC1(C(N)=S)CCN(C(=O)C2CCOCC2)CC1. The van der Waals surface area contributed by atoms with E-state index in [9.17, 15) is 4.79 Å². The molecule has 108 valence electrons. The van der Waals surface area contributed by atoms with Crippen LogP contribution in [0.4, 0.5) is 0 Å². The van der Waals surface area contributed by atoms with Crippen molar-refractivity contribution in [2.24, 2.45) is 11.7 Å². The van der Waals surface area contributed by atoms with Crippen molar-refractivity contribution in [3.05, 3.63) is 0 Å². The van der Waals surface area contributed by atoms with Crippen LogP contribution in [-0.4, -0.2) is 53.1 Å². The summed E-state index contributed by atoms with van der Waals surface area (Å²) in [6.45, 7) is 2.97. The zero-order valence-electron chi connectivity index (χ0n) is 11.4. The van der Waals surface area contributed by atoms with Crippen LogP contribution in [-0.2, 0) is 9.53 Å². The van der Waals surface area contributed by atoms with Crippen molar-refractivity contribution in [2.75, 3.05) is 32.6 Å². The van der Waals surface area contributed by atoms with E-state index in [1.165, 1.54) is 0 Å². The van der Waals surface area contributed by atoms with E-state index < -0.39 is 0 Å². The lowest BCUT2D eigenvalue weighted by Crippen LogP contribution is -2.52. The normalized spacial score (nSPS) is 24.2. The van der Waals surface area contributed by atoms with Gasteiger partial charge >= 0.3 is 0 Å². The number of likely N-dealkylation sites (tertiary alicyclic amines) is 1. The first kappa shape index (κ1) is 15.1. The van der Waals surface area contributed by atoms with Crippen LogP contribution in [0, 0.1) is 5.92 Å². The van der Waals surface area contributed by atoms with Gasteiger partial charge in [0.15, 0.2) is 0 Å². The van der Waals surface area contributed by atoms with Gasteiger partial charge in [0, 0.05) is 32.2 Å². The van der Waals surface area contributed by atoms with Gasteiger partial charge in [0.1, 0.15) is 0 Å². The highest BCUT2D eigenvalue weighted by molar-refractivity contribution is 8.02. The van der Waals surface area contributed by atoms with Crippen molar-refractivity contribution in [1.82, 2.24) is 4.90 Å². The molecular formula is C13H22N2O2S2. The number of carbonyl (C=O) groups excluding carboxylic acids is 1. The molecule has 0 bridgehead atoms. The summed E-state index contributed by atoms with van der Waals surface area (Å²) in [5.41, 5.74) is 5.87. The van der Waals surface area contributed by atoms with Crippen LogP contribution in [0.5, 0.6) is 0 Å². The van der Waals surface area contributed by atoms with Gasteiger partial charge < -0.3 is 15.4 Å². The summed E-state index contributed by atoms with van der Waals surface area (Å²) in [5.74, 6) is 0.446. The minimum absolute atomic E-state index is 0.109. The van der Waals surface area contributed by atoms with E-state index in [4.69, 9.17) is 22.7 Å². The fourth-order valence-corrected chi connectivity index (χ4v) is 4.09.